The number of amides is 1. The molecule has 0 spiro atoms. The molecule has 0 radical (unpaired) electrons. The van der Waals surface area contributed by atoms with Crippen molar-refractivity contribution in [2.24, 2.45) is 0 Å². The second-order valence-corrected chi connectivity index (χ2v) is 8.67. The number of anilines is 1. The van der Waals surface area contributed by atoms with Crippen molar-refractivity contribution < 1.29 is 19.1 Å². The SMILES string of the molecule is COc1ccc(-c2csc3ncn(CC(=O)Nc4ccc(C(=O)OC(C)C)cc4)c(=O)c23)cc1. The minimum Gasteiger partial charge on any atom is -0.497 e. The maximum Gasteiger partial charge on any atom is 0.338 e. The van der Waals surface area contributed by atoms with Crippen molar-refractivity contribution in [3.63, 3.8) is 0 Å². The van der Waals surface area contributed by atoms with Gasteiger partial charge in [-0.05, 0) is 55.8 Å². The van der Waals surface area contributed by atoms with Crippen LogP contribution in [0.3, 0.4) is 0 Å². The summed E-state index contributed by atoms with van der Waals surface area (Å²) < 4.78 is 11.6. The molecule has 0 aliphatic rings. The zero-order valence-corrected chi connectivity index (χ0v) is 19.7. The third kappa shape index (κ3) is 4.99. The molecule has 0 unspecified atom stereocenters. The molecule has 34 heavy (non-hydrogen) atoms. The average Bonchev–Trinajstić information content (AvgIpc) is 3.26. The lowest BCUT2D eigenvalue weighted by atomic mass is 10.1. The molecular weight excluding hydrogens is 454 g/mol. The van der Waals surface area contributed by atoms with Gasteiger partial charge < -0.3 is 14.8 Å². The lowest BCUT2D eigenvalue weighted by Gasteiger charge is -2.10. The molecule has 1 amide bonds. The van der Waals surface area contributed by atoms with E-state index in [1.165, 1.54) is 22.2 Å². The molecule has 1 N–H and O–H groups in total. The summed E-state index contributed by atoms with van der Waals surface area (Å²) in [7, 11) is 1.60. The van der Waals surface area contributed by atoms with Gasteiger partial charge in [0.15, 0.2) is 0 Å². The minimum absolute atomic E-state index is 0.198. The zero-order chi connectivity index (χ0) is 24.2. The lowest BCUT2D eigenvalue weighted by Crippen LogP contribution is -2.27. The fraction of sp³-hybridized carbons (Fsp3) is 0.200. The van der Waals surface area contributed by atoms with Crippen LogP contribution in [-0.2, 0) is 16.1 Å². The number of esters is 1. The molecule has 4 aromatic rings. The molecule has 0 aliphatic carbocycles. The second-order valence-electron chi connectivity index (χ2n) is 7.82. The Balaban J connectivity index is 1.52. The first-order chi connectivity index (χ1) is 16.4. The van der Waals surface area contributed by atoms with Gasteiger partial charge in [0.05, 0.1) is 30.5 Å². The summed E-state index contributed by atoms with van der Waals surface area (Å²) in [6, 6.07) is 13.8. The van der Waals surface area contributed by atoms with E-state index in [2.05, 4.69) is 10.3 Å². The van der Waals surface area contributed by atoms with Crippen LogP contribution in [0.25, 0.3) is 21.3 Å². The van der Waals surface area contributed by atoms with Crippen LogP contribution in [0.4, 0.5) is 5.69 Å². The summed E-state index contributed by atoms with van der Waals surface area (Å²) in [4.78, 5) is 42.7. The summed E-state index contributed by atoms with van der Waals surface area (Å²) in [5.74, 6) is -0.0930. The van der Waals surface area contributed by atoms with Crippen molar-refractivity contribution in [2.45, 2.75) is 26.5 Å². The van der Waals surface area contributed by atoms with Gasteiger partial charge in [0.1, 0.15) is 17.1 Å². The predicted molar refractivity (Wildman–Crippen MR) is 131 cm³/mol. The number of thiophene rings is 1. The maximum atomic E-state index is 13.2. The number of fused-ring (bicyclic) bond motifs is 1. The molecule has 2 aromatic carbocycles. The number of carbonyl (C=O) groups is 2. The maximum absolute atomic E-state index is 13.2. The fourth-order valence-electron chi connectivity index (χ4n) is 3.39. The van der Waals surface area contributed by atoms with E-state index in [4.69, 9.17) is 9.47 Å². The Kier molecular flexibility index (Phi) is 6.74. The highest BCUT2D eigenvalue weighted by Crippen LogP contribution is 2.31. The summed E-state index contributed by atoms with van der Waals surface area (Å²) >= 11 is 1.38. The van der Waals surface area contributed by atoms with E-state index in [-0.39, 0.29) is 24.1 Å². The summed E-state index contributed by atoms with van der Waals surface area (Å²) in [5.41, 5.74) is 2.23. The van der Waals surface area contributed by atoms with E-state index in [0.717, 1.165) is 16.9 Å². The first kappa shape index (κ1) is 23.2. The number of nitrogens with zero attached hydrogens (tertiary/aromatic N) is 2. The molecule has 174 valence electrons. The van der Waals surface area contributed by atoms with Gasteiger partial charge in [-0.2, -0.15) is 0 Å². The Morgan fingerprint density at radius 1 is 1.09 bits per heavy atom. The van der Waals surface area contributed by atoms with Gasteiger partial charge in [-0.1, -0.05) is 12.1 Å². The number of carbonyl (C=O) groups excluding carboxylic acids is 2. The highest BCUT2D eigenvalue weighted by Gasteiger charge is 2.15. The van der Waals surface area contributed by atoms with E-state index < -0.39 is 5.97 Å². The average molecular weight is 478 g/mol. The Morgan fingerprint density at radius 3 is 2.44 bits per heavy atom. The largest absolute Gasteiger partial charge is 0.497 e. The van der Waals surface area contributed by atoms with E-state index >= 15 is 0 Å². The molecule has 8 nitrogen and oxygen atoms in total. The Labute approximate surface area is 199 Å². The number of rotatable bonds is 7. The Hall–Kier alpha value is -3.98. The molecule has 0 saturated carbocycles. The summed E-state index contributed by atoms with van der Waals surface area (Å²) in [6.07, 6.45) is 1.16. The Bertz CT molecular complexity index is 1390. The van der Waals surface area contributed by atoms with Crippen molar-refractivity contribution in [2.75, 3.05) is 12.4 Å². The molecule has 0 aliphatic heterocycles. The van der Waals surface area contributed by atoms with Crippen LogP contribution in [0.5, 0.6) is 5.75 Å². The quantitative estimate of drug-likeness (QED) is 0.398. The van der Waals surface area contributed by atoms with Crippen LogP contribution < -0.4 is 15.6 Å². The third-order valence-electron chi connectivity index (χ3n) is 5.02. The van der Waals surface area contributed by atoms with Crippen LogP contribution in [0.2, 0.25) is 0 Å². The molecule has 0 saturated heterocycles. The fourth-order valence-corrected chi connectivity index (χ4v) is 4.30. The smallest absolute Gasteiger partial charge is 0.338 e. The van der Waals surface area contributed by atoms with E-state index in [0.29, 0.717) is 21.5 Å². The topological polar surface area (TPSA) is 99.5 Å². The van der Waals surface area contributed by atoms with Gasteiger partial charge in [0.25, 0.3) is 5.56 Å². The molecule has 2 aromatic heterocycles. The van der Waals surface area contributed by atoms with Gasteiger partial charge in [0.2, 0.25) is 5.91 Å². The summed E-state index contributed by atoms with van der Waals surface area (Å²) in [6.45, 7) is 3.35. The van der Waals surface area contributed by atoms with Crippen molar-refractivity contribution in [1.29, 1.82) is 0 Å². The number of ether oxygens (including phenoxy) is 2. The van der Waals surface area contributed by atoms with Gasteiger partial charge in [0, 0.05) is 16.6 Å². The van der Waals surface area contributed by atoms with Crippen LogP contribution >= 0.6 is 11.3 Å². The first-order valence-corrected chi connectivity index (χ1v) is 11.5. The lowest BCUT2D eigenvalue weighted by molar-refractivity contribution is -0.116. The molecular formula is C25H23N3O5S. The monoisotopic (exact) mass is 477 g/mol. The van der Waals surface area contributed by atoms with Gasteiger partial charge in [-0.3, -0.25) is 14.2 Å². The second kappa shape index (κ2) is 9.88. The summed E-state index contributed by atoms with van der Waals surface area (Å²) in [5, 5.41) is 5.09. The number of methoxy groups -OCH3 is 1. The number of hydrogen-bond donors (Lipinski definition) is 1. The Morgan fingerprint density at radius 2 is 1.79 bits per heavy atom. The number of nitrogens with one attached hydrogen (secondary N) is 1. The van der Waals surface area contributed by atoms with Gasteiger partial charge in [-0.25, -0.2) is 9.78 Å². The zero-order valence-electron chi connectivity index (χ0n) is 18.9. The first-order valence-electron chi connectivity index (χ1n) is 10.6. The highest BCUT2D eigenvalue weighted by atomic mass is 32.1. The number of aromatic nitrogens is 2. The van der Waals surface area contributed by atoms with E-state index in [1.807, 2.05) is 29.6 Å². The van der Waals surface area contributed by atoms with Gasteiger partial charge in [-0.15, -0.1) is 11.3 Å². The minimum atomic E-state index is -0.428. The van der Waals surface area contributed by atoms with E-state index in [9.17, 15) is 14.4 Å². The van der Waals surface area contributed by atoms with Crippen molar-refractivity contribution >= 4 is 39.1 Å². The molecule has 9 heteroatoms. The number of benzene rings is 2. The van der Waals surface area contributed by atoms with Crippen molar-refractivity contribution in [1.82, 2.24) is 9.55 Å². The van der Waals surface area contributed by atoms with Crippen LogP contribution in [0, 0.1) is 0 Å². The molecule has 0 fully saturated rings. The molecule has 0 bridgehead atoms. The van der Waals surface area contributed by atoms with Gasteiger partial charge >= 0.3 is 5.97 Å². The van der Waals surface area contributed by atoms with E-state index in [1.54, 1.807) is 45.2 Å². The predicted octanol–water partition coefficient (Wildman–Crippen LogP) is 4.34. The third-order valence-corrected chi connectivity index (χ3v) is 5.91. The normalized spacial score (nSPS) is 10.9. The number of hydrogen-bond acceptors (Lipinski definition) is 7. The van der Waals surface area contributed by atoms with Crippen molar-refractivity contribution in [3.05, 3.63) is 76.2 Å². The van der Waals surface area contributed by atoms with Crippen LogP contribution in [0.15, 0.2) is 65.0 Å². The standard InChI is InChI=1S/C25H23N3O5S/c1-15(2)33-25(31)17-4-8-18(9-5-17)27-21(29)12-28-14-26-23-22(24(28)30)20(13-34-23)16-6-10-19(32-3)11-7-16/h4-11,13-15H,12H2,1-3H3,(H,27,29). The molecule has 0 atom stereocenters. The molecule has 2 heterocycles. The van der Waals surface area contributed by atoms with Crippen LogP contribution in [-0.4, -0.2) is 34.6 Å². The molecule has 4 rings (SSSR count). The highest BCUT2D eigenvalue weighted by molar-refractivity contribution is 7.17. The van der Waals surface area contributed by atoms with Crippen molar-refractivity contribution in [3.8, 4) is 16.9 Å². The van der Waals surface area contributed by atoms with Crippen LogP contribution in [0.1, 0.15) is 24.2 Å².